The van der Waals surface area contributed by atoms with Crippen LogP contribution in [0.2, 0.25) is 10.0 Å². The molecule has 0 saturated heterocycles. The van der Waals surface area contributed by atoms with E-state index in [4.69, 9.17) is 29.4 Å². The van der Waals surface area contributed by atoms with Gasteiger partial charge >= 0.3 is 106 Å². The normalized spacial score (nSPS) is 10.8. The summed E-state index contributed by atoms with van der Waals surface area (Å²) in [5.41, 5.74) is 0. The van der Waals surface area contributed by atoms with Crippen molar-refractivity contribution in [3.05, 3.63) is 0 Å². The second kappa shape index (κ2) is 20.0. The van der Waals surface area contributed by atoms with Crippen molar-refractivity contribution in [3.63, 3.8) is 0 Å². The summed E-state index contributed by atoms with van der Waals surface area (Å²) in [7, 11) is 0. The van der Waals surface area contributed by atoms with E-state index in [0.717, 1.165) is 0 Å². The quantitative estimate of drug-likeness (QED) is 0.165. The monoisotopic (exact) mass is 462 g/mol. The van der Waals surface area contributed by atoms with Gasteiger partial charge in [-0.05, 0) is 23.6 Å². The predicted molar refractivity (Wildman–Crippen MR) is 99.8 cm³/mol. The second-order valence-corrected chi connectivity index (χ2v) is 14.7. The van der Waals surface area contributed by atoms with Crippen LogP contribution in [0.15, 0.2) is 0 Å². The van der Waals surface area contributed by atoms with Gasteiger partial charge in [0.1, 0.15) is 0 Å². The van der Waals surface area contributed by atoms with Crippen molar-refractivity contribution in [2.45, 2.75) is 75.2 Å². The van der Waals surface area contributed by atoms with E-state index in [2.05, 4.69) is 37.5 Å². The molecule has 0 atom stereocenters. The maximum Gasteiger partial charge on any atom is 0.319 e. The van der Waals surface area contributed by atoms with Crippen molar-refractivity contribution < 1.29 is 46.5 Å². The molecule has 6 nitrogen and oxygen atoms in total. The van der Waals surface area contributed by atoms with E-state index < -0.39 is 13.4 Å². The Labute approximate surface area is 158 Å². The van der Waals surface area contributed by atoms with Gasteiger partial charge < -0.3 is 29.4 Å². The molecule has 0 aliphatic carbocycles. The molecule has 0 heterocycles. The van der Waals surface area contributed by atoms with E-state index in [0.29, 0.717) is 0 Å². The van der Waals surface area contributed by atoms with Crippen LogP contribution in [-0.4, -0.2) is 29.4 Å². The molecule has 6 N–H and O–H groups in total. The standard InChI is InChI=1S/C8H17.C4H9.2H3O3PS.Zn/c1-3-5-7-8-6-4-2;1-3-4-2;2*1-4(2,3)5;/h1,3-8H2,2H3;1,3-4H2,2H3;2*(H3,1,2,3,5);. The van der Waals surface area contributed by atoms with Gasteiger partial charge in [0.15, 0.2) is 0 Å². The first-order valence-corrected chi connectivity index (χ1v) is 17.5. The van der Waals surface area contributed by atoms with Crippen LogP contribution in [0.5, 0.6) is 0 Å². The molecule has 23 heavy (non-hydrogen) atoms. The summed E-state index contributed by atoms with van der Waals surface area (Å²) in [5, 5.41) is 3.32. The SMILES string of the molecule is CCCCCCC[CH2][Zn][CH2]CCC.OP(O)(O)=S.OP(O)(O)=S. The maximum absolute atomic E-state index is 7.56. The summed E-state index contributed by atoms with van der Waals surface area (Å²) in [6.07, 6.45) is 11.9. The molecule has 0 aliphatic heterocycles. The summed E-state index contributed by atoms with van der Waals surface area (Å²) in [4.78, 5) is 45.3. The minimum Gasteiger partial charge on any atom is -0.325 e. The maximum atomic E-state index is 7.56. The molecule has 0 saturated carbocycles. The zero-order chi connectivity index (χ0) is 18.8. The van der Waals surface area contributed by atoms with Crippen LogP contribution in [0.4, 0.5) is 0 Å². The first-order chi connectivity index (χ1) is 10.4. The van der Waals surface area contributed by atoms with Crippen molar-refractivity contribution in [1.82, 2.24) is 0 Å². The van der Waals surface area contributed by atoms with Crippen LogP contribution in [0.3, 0.4) is 0 Å². The molecule has 0 unspecified atom stereocenters. The second-order valence-electron chi connectivity index (χ2n) is 5.21. The van der Waals surface area contributed by atoms with Gasteiger partial charge in [-0.3, -0.25) is 0 Å². The Bertz CT molecular complexity index is 278. The fourth-order valence-corrected chi connectivity index (χ4v) is 5.75. The summed E-state index contributed by atoms with van der Waals surface area (Å²) in [6, 6.07) is 0. The summed E-state index contributed by atoms with van der Waals surface area (Å²) < 4.78 is 0. The van der Waals surface area contributed by atoms with Gasteiger partial charge in [-0.25, -0.2) is 0 Å². The van der Waals surface area contributed by atoms with E-state index in [-0.39, 0.29) is 17.1 Å². The minimum atomic E-state index is -3.81. The molecule has 0 rings (SSSR count). The fraction of sp³-hybridized carbons (Fsp3) is 1.00. The molecule has 0 bridgehead atoms. The van der Waals surface area contributed by atoms with Crippen molar-refractivity contribution >= 4 is 37.1 Å². The van der Waals surface area contributed by atoms with Gasteiger partial charge in [-0.15, -0.1) is 0 Å². The van der Waals surface area contributed by atoms with Crippen molar-refractivity contribution in [2.24, 2.45) is 0 Å². The molecular formula is C12H32O6P2S2Zn. The first-order valence-electron chi connectivity index (χ1n) is 7.98. The Morgan fingerprint density at radius 1 is 0.609 bits per heavy atom. The zero-order valence-electron chi connectivity index (χ0n) is 14.2. The number of hydrogen-bond donors (Lipinski definition) is 6. The molecule has 0 aromatic heterocycles. The Kier molecular flexibility index (Phi) is 25.6. The molecule has 11 heteroatoms. The zero-order valence-corrected chi connectivity index (χ0v) is 20.6. The van der Waals surface area contributed by atoms with Gasteiger partial charge in [0.2, 0.25) is 0 Å². The van der Waals surface area contributed by atoms with Crippen LogP contribution in [0, 0.1) is 0 Å². The van der Waals surface area contributed by atoms with Crippen LogP contribution < -0.4 is 0 Å². The van der Waals surface area contributed by atoms with E-state index in [9.17, 15) is 0 Å². The predicted octanol–water partition coefficient (Wildman–Crippen LogP) is 3.44. The summed E-state index contributed by atoms with van der Waals surface area (Å²) in [5.74, 6) is 0. The molecule has 0 spiro atoms. The van der Waals surface area contributed by atoms with E-state index in [1.165, 1.54) is 44.9 Å². The third kappa shape index (κ3) is 81.6. The molecule has 0 aliphatic rings. The van der Waals surface area contributed by atoms with Crippen LogP contribution in [-0.2, 0) is 40.7 Å². The van der Waals surface area contributed by atoms with Gasteiger partial charge in [0, 0.05) is 0 Å². The van der Waals surface area contributed by atoms with Gasteiger partial charge in [0.05, 0.1) is 0 Å². The topological polar surface area (TPSA) is 121 Å². The Hall–Kier alpha value is 1.68. The van der Waals surface area contributed by atoms with Crippen molar-refractivity contribution in [3.8, 4) is 0 Å². The Morgan fingerprint density at radius 3 is 1.30 bits per heavy atom. The van der Waals surface area contributed by atoms with E-state index in [1.54, 1.807) is 16.5 Å². The average molecular weight is 464 g/mol. The molecule has 140 valence electrons. The minimum absolute atomic E-state index is 0.0287. The molecular weight excluding hydrogens is 432 g/mol. The van der Waals surface area contributed by atoms with Crippen molar-refractivity contribution in [2.75, 3.05) is 0 Å². The summed E-state index contributed by atoms with van der Waals surface area (Å²) in [6.45, 7) is -3.01. The Morgan fingerprint density at radius 2 is 0.913 bits per heavy atom. The molecule has 0 amide bonds. The largest absolute Gasteiger partial charge is 0.325 e. The number of unbranched alkanes of at least 4 members (excludes halogenated alkanes) is 6. The van der Waals surface area contributed by atoms with E-state index >= 15 is 0 Å². The van der Waals surface area contributed by atoms with Crippen LogP contribution >= 0.6 is 13.4 Å². The Balaban J connectivity index is -0.000000329. The summed E-state index contributed by atoms with van der Waals surface area (Å²) >= 11 is 7.18. The molecule has 0 fully saturated rings. The van der Waals surface area contributed by atoms with Gasteiger partial charge in [-0.2, -0.15) is 0 Å². The first kappa shape index (κ1) is 29.4. The molecule has 0 aromatic rings. The smallest absolute Gasteiger partial charge is 0.319 e. The van der Waals surface area contributed by atoms with Gasteiger partial charge in [0.25, 0.3) is 0 Å². The van der Waals surface area contributed by atoms with Crippen LogP contribution in [0.1, 0.15) is 65.2 Å². The van der Waals surface area contributed by atoms with Gasteiger partial charge in [-0.1, -0.05) is 0 Å². The number of hydrogen-bond acceptors (Lipinski definition) is 2. The molecule has 0 aromatic carbocycles. The fourth-order valence-electron chi connectivity index (χ4n) is 1.74. The third-order valence-corrected chi connectivity index (χ3v) is 6.90. The van der Waals surface area contributed by atoms with Crippen LogP contribution in [0.25, 0.3) is 0 Å². The molecule has 0 radical (unpaired) electrons. The third-order valence-electron chi connectivity index (χ3n) is 2.71. The van der Waals surface area contributed by atoms with E-state index in [1.807, 2.05) is 0 Å². The number of rotatable bonds is 10. The average Bonchev–Trinajstić information content (AvgIpc) is 2.33. The van der Waals surface area contributed by atoms with Crippen molar-refractivity contribution in [1.29, 1.82) is 0 Å².